The third-order valence-electron chi connectivity index (χ3n) is 4.45. The fourth-order valence-electron chi connectivity index (χ4n) is 3.18. The molecular formula is C17H15N5O2S. The van der Waals surface area contributed by atoms with Crippen LogP contribution >= 0.6 is 11.3 Å². The van der Waals surface area contributed by atoms with Crippen molar-refractivity contribution in [2.45, 2.75) is 12.8 Å². The molecule has 0 unspecified atom stereocenters. The first kappa shape index (κ1) is 15.7. The van der Waals surface area contributed by atoms with Crippen molar-refractivity contribution in [1.82, 2.24) is 10.3 Å². The first-order valence-corrected chi connectivity index (χ1v) is 8.81. The third-order valence-corrected chi connectivity index (χ3v) is 5.46. The van der Waals surface area contributed by atoms with E-state index in [0.29, 0.717) is 18.1 Å². The topological polar surface area (TPSA) is 98.1 Å². The van der Waals surface area contributed by atoms with Gasteiger partial charge in [-0.3, -0.25) is 9.59 Å². The quantitative estimate of drug-likeness (QED) is 0.647. The molecule has 2 aromatic rings. The molecule has 3 heterocycles. The Morgan fingerprint density at radius 1 is 1.44 bits per heavy atom. The van der Waals surface area contributed by atoms with Crippen molar-refractivity contribution < 1.29 is 9.59 Å². The molecule has 4 rings (SSSR count). The van der Waals surface area contributed by atoms with Gasteiger partial charge in [-0.1, -0.05) is 29.5 Å². The average Bonchev–Trinajstić information content (AvgIpc) is 3.34. The van der Waals surface area contributed by atoms with E-state index >= 15 is 0 Å². The first-order valence-electron chi connectivity index (χ1n) is 7.99. The van der Waals surface area contributed by atoms with Gasteiger partial charge in [-0.15, -0.1) is 0 Å². The minimum Gasteiger partial charge on any atom is -0.325 e. The zero-order valence-corrected chi connectivity index (χ0v) is 14.1. The molecular weight excluding hydrogens is 338 g/mol. The number of aromatic nitrogens is 1. The fourth-order valence-corrected chi connectivity index (χ4v) is 4.09. The van der Waals surface area contributed by atoms with Crippen molar-refractivity contribution in [3.05, 3.63) is 30.0 Å². The van der Waals surface area contributed by atoms with E-state index < -0.39 is 0 Å². The summed E-state index contributed by atoms with van der Waals surface area (Å²) >= 11 is 1.27. The van der Waals surface area contributed by atoms with E-state index in [0.717, 1.165) is 39.6 Å². The highest BCUT2D eigenvalue weighted by atomic mass is 32.1. The third kappa shape index (κ3) is 2.77. The Kier molecular flexibility index (Phi) is 3.95. The highest BCUT2D eigenvalue weighted by Gasteiger charge is 2.30. The van der Waals surface area contributed by atoms with E-state index in [1.807, 2.05) is 24.4 Å². The summed E-state index contributed by atoms with van der Waals surface area (Å²) in [6.07, 6.45) is 4.69. The van der Waals surface area contributed by atoms with Crippen LogP contribution in [0.4, 0.5) is 10.8 Å². The number of hydrogen-bond acceptors (Lipinski definition) is 6. The van der Waals surface area contributed by atoms with Crippen molar-refractivity contribution in [2.75, 3.05) is 23.3 Å². The second-order valence-corrected chi connectivity index (χ2v) is 7.04. The largest absolute Gasteiger partial charge is 0.325 e. The van der Waals surface area contributed by atoms with Crippen LogP contribution in [0.5, 0.6) is 0 Å². The first-order chi connectivity index (χ1) is 12.2. The fraction of sp³-hybridized carbons (Fsp3) is 0.294. The van der Waals surface area contributed by atoms with Crippen molar-refractivity contribution in [2.24, 2.45) is 5.92 Å². The van der Waals surface area contributed by atoms with E-state index in [2.05, 4.69) is 15.6 Å². The van der Waals surface area contributed by atoms with Gasteiger partial charge in [-0.2, -0.15) is 10.2 Å². The summed E-state index contributed by atoms with van der Waals surface area (Å²) < 4.78 is 0. The van der Waals surface area contributed by atoms with E-state index in [-0.39, 0.29) is 17.7 Å². The molecule has 1 saturated heterocycles. The highest BCUT2D eigenvalue weighted by molar-refractivity contribution is 7.19. The number of nitrogens with one attached hydrogen (secondary N) is 2. The molecule has 1 atom stereocenters. The van der Waals surface area contributed by atoms with Crippen LogP contribution in [0, 0.1) is 17.4 Å². The van der Waals surface area contributed by atoms with Gasteiger partial charge in [0.1, 0.15) is 0 Å². The molecule has 0 radical (unpaired) electrons. The molecule has 1 aromatic carbocycles. The Labute approximate surface area is 148 Å². The normalized spacial score (nSPS) is 18.5. The van der Waals surface area contributed by atoms with Gasteiger partial charge < -0.3 is 10.6 Å². The van der Waals surface area contributed by atoms with Gasteiger partial charge in [0.2, 0.25) is 16.9 Å². The molecule has 0 bridgehead atoms. The number of carbonyl (C=O) groups excluding carboxylic acids is 2. The lowest BCUT2D eigenvalue weighted by atomic mass is 10.1. The minimum atomic E-state index is -0.222. The van der Waals surface area contributed by atoms with Crippen LogP contribution in [-0.2, 0) is 16.0 Å². The number of carbonyl (C=O) groups is 2. The Bertz CT molecular complexity index is 895. The maximum absolute atomic E-state index is 12.5. The number of fused-ring (bicyclic) bond motifs is 1. The van der Waals surface area contributed by atoms with Crippen LogP contribution in [0.15, 0.2) is 24.4 Å². The predicted molar refractivity (Wildman–Crippen MR) is 94.0 cm³/mol. The molecule has 126 valence electrons. The molecule has 0 aliphatic carbocycles. The van der Waals surface area contributed by atoms with Crippen molar-refractivity contribution in [3.8, 4) is 16.6 Å². The lowest BCUT2D eigenvalue weighted by molar-refractivity contribution is -0.121. The summed E-state index contributed by atoms with van der Waals surface area (Å²) in [6.45, 7) is 1.38. The summed E-state index contributed by atoms with van der Waals surface area (Å²) in [5, 5.41) is 15.8. The standard InChI is InChI=1S/C17H15N5O2S/c18-9-22(16(24)11-4-5-19-7-11)17-20-8-13(25-17)12-3-1-2-10-6-14(23)21-15(10)12/h1-3,8,11,19H,4-7H2,(H,21,23)/t11-/m0/s1. The second kappa shape index (κ2) is 6.27. The maximum atomic E-state index is 12.5. The highest BCUT2D eigenvalue weighted by Crippen LogP contribution is 2.39. The van der Waals surface area contributed by atoms with Crippen LogP contribution in [0.1, 0.15) is 12.0 Å². The van der Waals surface area contributed by atoms with Crippen LogP contribution in [0.25, 0.3) is 10.4 Å². The Balaban J connectivity index is 1.65. The van der Waals surface area contributed by atoms with E-state index in [1.165, 1.54) is 11.3 Å². The molecule has 0 saturated carbocycles. The number of amides is 2. The summed E-state index contributed by atoms with van der Waals surface area (Å²) in [4.78, 5) is 30.3. The summed E-state index contributed by atoms with van der Waals surface area (Å²) in [6, 6.07) is 5.71. The molecule has 2 aliphatic rings. The summed E-state index contributed by atoms with van der Waals surface area (Å²) in [7, 11) is 0. The Morgan fingerprint density at radius 3 is 3.08 bits per heavy atom. The number of nitrogens with zero attached hydrogens (tertiary/aromatic N) is 3. The molecule has 2 amide bonds. The monoisotopic (exact) mass is 353 g/mol. The van der Waals surface area contributed by atoms with Gasteiger partial charge in [0, 0.05) is 18.3 Å². The maximum Gasteiger partial charge on any atom is 0.246 e. The van der Waals surface area contributed by atoms with Gasteiger partial charge in [-0.05, 0) is 18.5 Å². The summed E-state index contributed by atoms with van der Waals surface area (Å²) in [5.41, 5.74) is 2.60. The van der Waals surface area contributed by atoms with E-state index in [9.17, 15) is 14.9 Å². The Hall–Kier alpha value is -2.76. The van der Waals surface area contributed by atoms with Crippen molar-refractivity contribution in [3.63, 3.8) is 0 Å². The van der Waals surface area contributed by atoms with Crippen LogP contribution < -0.4 is 15.5 Å². The molecule has 25 heavy (non-hydrogen) atoms. The minimum absolute atomic E-state index is 0.0326. The number of anilines is 2. The van der Waals surface area contributed by atoms with Crippen LogP contribution in [0.2, 0.25) is 0 Å². The predicted octanol–water partition coefficient (Wildman–Crippen LogP) is 1.73. The SMILES string of the molecule is N#CN(C(=O)[C@H]1CCNC1)c1ncc(-c2cccc3c2NC(=O)C3)s1. The van der Waals surface area contributed by atoms with Gasteiger partial charge in [-0.25, -0.2) is 4.98 Å². The second-order valence-electron chi connectivity index (χ2n) is 6.04. The number of para-hydroxylation sites is 1. The Morgan fingerprint density at radius 2 is 2.32 bits per heavy atom. The molecule has 1 aromatic heterocycles. The van der Waals surface area contributed by atoms with Crippen LogP contribution in [-0.4, -0.2) is 29.9 Å². The molecule has 2 N–H and O–H groups in total. The molecule has 0 spiro atoms. The number of hydrogen-bond donors (Lipinski definition) is 2. The molecule has 8 heteroatoms. The lowest BCUT2D eigenvalue weighted by Gasteiger charge is -2.14. The number of nitriles is 1. The average molecular weight is 353 g/mol. The molecule has 7 nitrogen and oxygen atoms in total. The van der Waals surface area contributed by atoms with Gasteiger partial charge in [0.05, 0.1) is 22.9 Å². The van der Waals surface area contributed by atoms with Crippen LogP contribution in [0.3, 0.4) is 0 Å². The number of thiazole rings is 1. The number of benzene rings is 1. The molecule has 2 aliphatic heterocycles. The lowest BCUT2D eigenvalue weighted by Crippen LogP contribution is -2.33. The molecule has 1 fully saturated rings. The van der Waals surface area contributed by atoms with Gasteiger partial charge >= 0.3 is 0 Å². The van der Waals surface area contributed by atoms with Gasteiger partial charge in [0.25, 0.3) is 0 Å². The zero-order chi connectivity index (χ0) is 17.4. The van der Waals surface area contributed by atoms with E-state index in [1.54, 1.807) is 6.20 Å². The zero-order valence-electron chi connectivity index (χ0n) is 13.3. The van der Waals surface area contributed by atoms with Crippen molar-refractivity contribution in [1.29, 1.82) is 5.26 Å². The summed E-state index contributed by atoms with van der Waals surface area (Å²) in [5.74, 6) is -0.443. The van der Waals surface area contributed by atoms with E-state index in [4.69, 9.17) is 0 Å². The van der Waals surface area contributed by atoms with Gasteiger partial charge in [0.15, 0.2) is 6.19 Å². The smallest absolute Gasteiger partial charge is 0.246 e. The number of rotatable bonds is 3. The van der Waals surface area contributed by atoms with Crippen molar-refractivity contribution >= 4 is 34.0 Å².